The number of rotatable bonds is 5. The van der Waals surface area contributed by atoms with Crippen molar-refractivity contribution in [2.75, 3.05) is 0 Å². The largest absolute Gasteiger partial charge is 0.326 e. The monoisotopic (exact) mass is 326 g/mol. The number of sulfonamides is 1. The van der Waals surface area contributed by atoms with Gasteiger partial charge in [-0.15, -0.1) is 0 Å². The van der Waals surface area contributed by atoms with Gasteiger partial charge in [0.1, 0.15) is 0 Å². The van der Waals surface area contributed by atoms with Crippen LogP contribution in [-0.4, -0.2) is 18.4 Å². The van der Waals surface area contributed by atoms with E-state index in [0.717, 1.165) is 5.69 Å². The van der Waals surface area contributed by atoms with E-state index in [0.29, 0.717) is 16.3 Å². The van der Waals surface area contributed by atoms with Crippen LogP contribution in [0.2, 0.25) is 5.02 Å². The van der Waals surface area contributed by atoms with Gasteiger partial charge >= 0.3 is 0 Å². The Morgan fingerprint density at radius 1 is 1.29 bits per heavy atom. The van der Waals surface area contributed by atoms with Gasteiger partial charge in [-0.05, 0) is 30.7 Å². The van der Waals surface area contributed by atoms with Crippen LogP contribution >= 0.6 is 11.6 Å². The number of aryl methyl sites for hydroxylation is 1. The summed E-state index contributed by atoms with van der Waals surface area (Å²) in [6.07, 6.45) is 3.11. The minimum absolute atomic E-state index is 0.0657. The van der Waals surface area contributed by atoms with Crippen molar-refractivity contribution < 1.29 is 8.42 Å². The van der Waals surface area contributed by atoms with Gasteiger partial charge in [0.15, 0.2) is 0 Å². The number of hydrogen-bond donors (Lipinski definition) is 2. The first kappa shape index (κ1) is 15.8. The summed E-state index contributed by atoms with van der Waals surface area (Å²) < 4.78 is 26.9. The van der Waals surface area contributed by atoms with Crippen LogP contribution in [0.15, 0.2) is 35.5 Å². The van der Waals surface area contributed by atoms with Crippen molar-refractivity contribution in [3.05, 3.63) is 52.6 Å². The first-order valence-corrected chi connectivity index (χ1v) is 8.04. The SMILES string of the molecule is Cc1cnc(CNS(=O)(=O)c2ccc(Cl)c(CN)c2)cn1. The Morgan fingerprint density at radius 3 is 2.67 bits per heavy atom. The molecule has 0 saturated carbocycles. The fraction of sp³-hybridized carbons (Fsp3) is 0.231. The molecule has 0 aliphatic carbocycles. The van der Waals surface area contributed by atoms with Crippen molar-refractivity contribution >= 4 is 21.6 Å². The number of benzene rings is 1. The molecule has 0 saturated heterocycles. The molecular weight excluding hydrogens is 312 g/mol. The van der Waals surface area contributed by atoms with Gasteiger partial charge in [-0.2, -0.15) is 0 Å². The topological polar surface area (TPSA) is 98.0 Å². The fourth-order valence-electron chi connectivity index (χ4n) is 1.64. The molecule has 0 aliphatic rings. The van der Waals surface area contributed by atoms with E-state index in [1.54, 1.807) is 6.20 Å². The summed E-state index contributed by atoms with van der Waals surface area (Å²) >= 11 is 5.92. The molecular formula is C13H15ClN4O2S. The molecule has 0 radical (unpaired) electrons. The lowest BCUT2D eigenvalue weighted by Crippen LogP contribution is -2.24. The van der Waals surface area contributed by atoms with Crippen LogP contribution in [0.1, 0.15) is 17.0 Å². The van der Waals surface area contributed by atoms with Gasteiger partial charge in [0.25, 0.3) is 0 Å². The third-order valence-electron chi connectivity index (χ3n) is 2.83. The molecule has 112 valence electrons. The Bertz CT molecular complexity index is 732. The zero-order valence-corrected chi connectivity index (χ0v) is 12.9. The van der Waals surface area contributed by atoms with E-state index >= 15 is 0 Å². The molecule has 0 unspecified atom stereocenters. The van der Waals surface area contributed by atoms with Crippen molar-refractivity contribution in [1.82, 2.24) is 14.7 Å². The summed E-state index contributed by atoms with van der Waals surface area (Å²) in [7, 11) is -3.65. The van der Waals surface area contributed by atoms with Gasteiger partial charge in [-0.3, -0.25) is 9.97 Å². The molecule has 6 nitrogen and oxygen atoms in total. The smallest absolute Gasteiger partial charge is 0.240 e. The quantitative estimate of drug-likeness (QED) is 0.865. The first-order chi connectivity index (χ1) is 9.92. The Balaban J connectivity index is 2.16. The number of hydrogen-bond acceptors (Lipinski definition) is 5. The average Bonchev–Trinajstić information content (AvgIpc) is 2.47. The average molecular weight is 327 g/mol. The van der Waals surface area contributed by atoms with E-state index in [-0.39, 0.29) is 18.0 Å². The fourth-order valence-corrected chi connectivity index (χ4v) is 2.88. The maximum Gasteiger partial charge on any atom is 0.240 e. The highest BCUT2D eigenvalue weighted by molar-refractivity contribution is 7.89. The van der Waals surface area contributed by atoms with Crippen LogP contribution in [0, 0.1) is 6.92 Å². The number of nitrogens with one attached hydrogen (secondary N) is 1. The predicted molar refractivity (Wildman–Crippen MR) is 80.1 cm³/mol. The van der Waals surface area contributed by atoms with Crippen LogP contribution in [0.4, 0.5) is 0 Å². The van der Waals surface area contributed by atoms with Gasteiger partial charge in [0, 0.05) is 17.8 Å². The van der Waals surface area contributed by atoms with Crippen LogP contribution in [0.5, 0.6) is 0 Å². The zero-order chi connectivity index (χ0) is 15.5. The molecule has 1 aromatic heterocycles. The predicted octanol–water partition coefficient (Wildman–Crippen LogP) is 1.38. The number of aromatic nitrogens is 2. The number of nitrogens with two attached hydrogens (primary N) is 1. The van der Waals surface area contributed by atoms with Gasteiger partial charge in [0.05, 0.1) is 29.0 Å². The minimum atomic E-state index is -3.65. The molecule has 0 bridgehead atoms. The van der Waals surface area contributed by atoms with E-state index in [1.807, 2.05) is 6.92 Å². The molecule has 21 heavy (non-hydrogen) atoms. The lowest BCUT2D eigenvalue weighted by Gasteiger charge is -2.08. The highest BCUT2D eigenvalue weighted by Crippen LogP contribution is 2.20. The van der Waals surface area contributed by atoms with Gasteiger partial charge in [-0.25, -0.2) is 13.1 Å². The van der Waals surface area contributed by atoms with E-state index in [9.17, 15) is 8.42 Å². The molecule has 0 spiro atoms. The molecule has 0 fully saturated rings. The third kappa shape index (κ3) is 3.98. The Hall–Kier alpha value is -1.54. The molecule has 0 aliphatic heterocycles. The van der Waals surface area contributed by atoms with Gasteiger partial charge in [-0.1, -0.05) is 11.6 Å². The normalized spacial score (nSPS) is 11.6. The van der Waals surface area contributed by atoms with E-state index in [4.69, 9.17) is 17.3 Å². The van der Waals surface area contributed by atoms with E-state index in [1.165, 1.54) is 24.4 Å². The van der Waals surface area contributed by atoms with E-state index < -0.39 is 10.0 Å². The summed E-state index contributed by atoms with van der Waals surface area (Å²) in [6.45, 7) is 2.05. The van der Waals surface area contributed by atoms with Crippen molar-refractivity contribution in [1.29, 1.82) is 0 Å². The maximum absolute atomic E-state index is 12.2. The second-order valence-corrected chi connectivity index (χ2v) is 6.61. The lowest BCUT2D eigenvalue weighted by atomic mass is 10.2. The third-order valence-corrected chi connectivity index (χ3v) is 4.59. The van der Waals surface area contributed by atoms with Crippen LogP contribution in [-0.2, 0) is 23.1 Å². The summed E-state index contributed by atoms with van der Waals surface area (Å²) in [6, 6.07) is 4.42. The summed E-state index contributed by atoms with van der Waals surface area (Å²) in [5, 5.41) is 0.445. The Kier molecular flexibility index (Phi) is 4.89. The van der Waals surface area contributed by atoms with Crippen LogP contribution in [0.3, 0.4) is 0 Å². The Labute approximate surface area is 128 Å². The molecule has 0 atom stereocenters. The summed E-state index contributed by atoms with van der Waals surface area (Å²) in [5.41, 5.74) is 7.41. The van der Waals surface area contributed by atoms with E-state index in [2.05, 4.69) is 14.7 Å². The molecule has 1 aromatic carbocycles. The second-order valence-electron chi connectivity index (χ2n) is 4.43. The van der Waals surface area contributed by atoms with Crippen molar-refractivity contribution in [3.63, 3.8) is 0 Å². The number of nitrogens with zero attached hydrogens (tertiary/aromatic N) is 2. The summed E-state index contributed by atoms with van der Waals surface area (Å²) in [5.74, 6) is 0. The molecule has 8 heteroatoms. The molecule has 3 N–H and O–H groups in total. The number of halogens is 1. The minimum Gasteiger partial charge on any atom is -0.326 e. The maximum atomic E-state index is 12.2. The second kappa shape index (κ2) is 6.48. The van der Waals surface area contributed by atoms with Crippen molar-refractivity contribution in [2.45, 2.75) is 24.9 Å². The molecule has 2 rings (SSSR count). The highest BCUT2D eigenvalue weighted by Gasteiger charge is 2.15. The van der Waals surface area contributed by atoms with Gasteiger partial charge in [0.2, 0.25) is 10.0 Å². The molecule has 1 heterocycles. The van der Waals surface area contributed by atoms with Crippen LogP contribution < -0.4 is 10.5 Å². The molecule has 2 aromatic rings. The Morgan fingerprint density at radius 2 is 2.05 bits per heavy atom. The first-order valence-electron chi connectivity index (χ1n) is 6.18. The zero-order valence-electron chi connectivity index (χ0n) is 11.4. The molecule has 0 amide bonds. The van der Waals surface area contributed by atoms with Gasteiger partial charge < -0.3 is 5.73 Å². The summed E-state index contributed by atoms with van der Waals surface area (Å²) in [4.78, 5) is 8.27. The lowest BCUT2D eigenvalue weighted by molar-refractivity contribution is 0.580. The highest BCUT2D eigenvalue weighted by atomic mass is 35.5. The van der Waals surface area contributed by atoms with Crippen LogP contribution in [0.25, 0.3) is 0 Å². The standard InChI is InChI=1S/C13H15ClN4O2S/c1-9-6-17-11(7-16-9)8-18-21(19,20)12-2-3-13(14)10(4-12)5-15/h2-4,6-7,18H,5,8,15H2,1H3. The van der Waals surface area contributed by atoms with Crippen molar-refractivity contribution in [3.8, 4) is 0 Å². The van der Waals surface area contributed by atoms with Crippen molar-refractivity contribution in [2.24, 2.45) is 5.73 Å².